The first-order valence-electron chi connectivity index (χ1n) is 17.4. The second kappa shape index (κ2) is 18.1. The van der Waals surface area contributed by atoms with Crippen LogP contribution in [-0.2, 0) is 45.0 Å². The second-order valence-corrected chi connectivity index (χ2v) is 13.5. The Balaban J connectivity index is 1.29. The summed E-state index contributed by atoms with van der Waals surface area (Å²) >= 11 is 6.48. The lowest BCUT2D eigenvalue weighted by Crippen LogP contribution is -2.40. The number of ether oxygens (including phenoxy) is 3. The van der Waals surface area contributed by atoms with Gasteiger partial charge in [-0.05, 0) is 104 Å². The zero-order valence-corrected chi connectivity index (χ0v) is 29.5. The molecule has 0 N–H and O–H groups in total. The van der Waals surface area contributed by atoms with Crippen molar-refractivity contribution < 1.29 is 23.8 Å². The van der Waals surface area contributed by atoms with Crippen molar-refractivity contribution in [2.75, 3.05) is 26.8 Å². The van der Waals surface area contributed by atoms with Crippen molar-refractivity contribution in [1.29, 1.82) is 0 Å². The molecule has 1 saturated carbocycles. The fourth-order valence-corrected chi connectivity index (χ4v) is 6.77. The molecule has 0 aliphatic heterocycles. The van der Waals surface area contributed by atoms with Gasteiger partial charge >= 0.3 is 11.9 Å². The number of benzene rings is 4. The summed E-state index contributed by atoms with van der Waals surface area (Å²) in [7, 11) is 1.39. The molecule has 1 fully saturated rings. The molecule has 0 aromatic heterocycles. The van der Waals surface area contributed by atoms with Crippen molar-refractivity contribution in [2.24, 2.45) is 5.41 Å². The van der Waals surface area contributed by atoms with E-state index in [1.807, 2.05) is 37.3 Å². The summed E-state index contributed by atoms with van der Waals surface area (Å²) in [5, 5.41) is 0.667. The van der Waals surface area contributed by atoms with Gasteiger partial charge in [-0.1, -0.05) is 96.9 Å². The highest BCUT2D eigenvalue weighted by molar-refractivity contribution is 6.30. The van der Waals surface area contributed by atoms with E-state index < -0.39 is 0 Å². The summed E-state index contributed by atoms with van der Waals surface area (Å²) in [6.07, 6.45) is 6.25. The van der Waals surface area contributed by atoms with Crippen LogP contribution in [0.2, 0.25) is 5.02 Å². The lowest BCUT2D eigenvalue weighted by molar-refractivity contribution is -0.162. The van der Waals surface area contributed by atoms with Crippen LogP contribution in [0.1, 0.15) is 83.3 Å². The summed E-state index contributed by atoms with van der Waals surface area (Å²) in [4.78, 5) is 27.3. The Bertz CT molecular complexity index is 1620. The molecular weight excluding hydrogens is 634 g/mol. The van der Waals surface area contributed by atoms with E-state index in [1.54, 1.807) is 12.1 Å². The monoisotopic (exact) mass is 681 g/mol. The van der Waals surface area contributed by atoms with Crippen LogP contribution in [-0.4, -0.2) is 43.6 Å². The van der Waals surface area contributed by atoms with Crippen molar-refractivity contribution in [2.45, 2.75) is 71.1 Å². The van der Waals surface area contributed by atoms with Gasteiger partial charge in [-0.15, -0.1) is 0 Å². The summed E-state index contributed by atoms with van der Waals surface area (Å²) in [6, 6.07) is 34.7. The summed E-state index contributed by atoms with van der Waals surface area (Å²) < 4.78 is 17.0. The molecular formula is C42H48ClNO5. The van der Waals surface area contributed by atoms with E-state index >= 15 is 0 Å². The zero-order valence-electron chi connectivity index (χ0n) is 28.7. The molecule has 4 aromatic rings. The number of nitrogens with zero attached hydrogens (tertiary/aromatic N) is 1. The van der Waals surface area contributed by atoms with Gasteiger partial charge in [-0.25, -0.2) is 4.79 Å². The molecule has 6 nitrogen and oxygen atoms in total. The minimum Gasteiger partial charge on any atom is -0.466 e. The number of carbonyl (C=O) groups excluding carboxylic acids is 2. The molecule has 4 aromatic carbocycles. The summed E-state index contributed by atoms with van der Waals surface area (Å²) in [6.45, 7) is 4.79. The highest BCUT2D eigenvalue weighted by atomic mass is 35.5. The van der Waals surface area contributed by atoms with E-state index in [0.29, 0.717) is 36.9 Å². The van der Waals surface area contributed by atoms with Crippen LogP contribution in [0.5, 0.6) is 0 Å². The average Bonchev–Trinajstić information content (AvgIpc) is 3.11. The maximum Gasteiger partial charge on any atom is 0.337 e. The highest BCUT2D eigenvalue weighted by Gasteiger charge is 2.44. The smallest absolute Gasteiger partial charge is 0.337 e. The third kappa shape index (κ3) is 10.5. The molecule has 49 heavy (non-hydrogen) atoms. The first kappa shape index (κ1) is 36.3. The largest absolute Gasteiger partial charge is 0.466 e. The van der Waals surface area contributed by atoms with Crippen molar-refractivity contribution in [3.63, 3.8) is 0 Å². The van der Waals surface area contributed by atoms with Crippen molar-refractivity contribution in [1.82, 2.24) is 4.90 Å². The van der Waals surface area contributed by atoms with E-state index in [0.717, 1.165) is 68.2 Å². The normalized spacial score (nSPS) is 14.2. The molecule has 0 saturated heterocycles. The maximum atomic E-state index is 12.9. The SMILES string of the molecule is CCOC(=O)C1(CCCN(Cc2ccc(C(=O)OC)cc2)CC(OCc2ccc(CCc3ccccc3)cc2)c2cccc(Cl)c2)CCC1. The van der Waals surface area contributed by atoms with Crippen LogP contribution in [0.3, 0.4) is 0 Å². The first-order chi connectivity index (χ1) is 23.9. The highest BCUT2D eigenvalue weighted by Crippen LogP contribution is 2.46. The molecule has 0 amide bonds. The van der Waals surface area contributed by atoms with Gasteiger partial charge in [-0.3, -0.25) is 9.69 Å². The molecule has 0 radical (unpaired) electrons. The molecule has 1 atom stereocenters. The van der Waals surface area contributed by atoms with Gasteiger partial charge in [0.1, 0.15) is 0 Å². The van der Waals surface area contributed by atoms with E-state index in [2.05, 4.69) is 65.6 Å². The molecule has 1 aliphatic rings. The van der Waals surface area contributed by atoms with Gasteiger partial charge in [0.05, 0.1) is 37.4 Å². The first-order valence-corrected chi connectivity index (χ1v) is 17.8. The number of esters is 2. The van der Waals surface area contributed by atoms with Crippen LogP contribution in [0.25, 0.3) is 0 Å². The molecule has 0 bridgehead atoms. The molecule has 0 heterocycles. The number of rotatable bonds is 18. The molecule has 1 unspecified atom stereocenters. The topological polar surface area (TPSA) is 65.1 Å². The second-order valence-electron chi connectivity index (χ2n) is 13.0. The van der Waals surface area contributed by atoms with Gasteiger partial charge in [0.25, 0.3) is 0 Å². The Morgan fingerprint density at radius 2 is 1.51 bits per heavy atom. The van der Waals surface area contributed by atoms with Gasteiger partial charge in [0.15, 0.2) is 0 Å². The summed E-state index contributed by atoms with van der Waals surface area (Å²) in [5.74, 6) is -0.413. The van der Waals surface area contributed by atoms with Crippen LogP contribution in [0.15, 0.2) is 103 Å². The van der Waals surface area contributed by atoms with Crippen LogP contribution in [0, 0.1) is 5.41 Å². The molecule has 258 valence electrons. The lowest BCUT2D eigenvalue weighted by atomic mass is 9.66. The van der Waals surface area contributed by atoms with E-state index in [-0.39, 0.29) is 23.5 Å². The van der Waals surface area contributed by atoms with Crippen molar-refractivity contribution in [3.05, 3.63) is 142 Å². The Morgan fingerprint density at radius 1 is 0.837 bits per heavy atom. The summed E-state index contributed by atoms with van der Waals surface area (Å²) in [5.41, 5.74) is 6.00. The Morgan fingerprint density at radius 3 is 2.14 bits per heavy atom. The third-order valence-corrected chi connectivity index (χ3v) is 9.83. The van der Waals surface area contributed by atoms with Gasteiger partial charge in [0.2, 0.25) is 0 Å². The molecule has 1 aliphatic carbocycles. The van der Waals surface area contributed by atoms with Crippen LogP contribution in [0.4, 0.5) is 0 Å². The number of carbonyl (C=O) groups is 2. The van der Waals surface area contributed by atoms with Crippen LogP contribution < -0.4 is 0 Å². The minimum absolute atomic E-state index is 0.0579. The molecule has 5 rings (SSSR count). The fourth-order valence-electron chi connectivity index (χ4n) is 6.57. The molecule has 7 heteroatoms. The van der Waals surface area contributed by atoms with Crippen LogP contribution >= 0.6 is 11.6 Å². The van der Waals surface area contributed by atoms with E-state index in [4.69, 9.17) is 25.8 Å². The van der Waals surface area contributed by atoms with E-state index in [1.165, 1.54) is 18.2 Å². The minimum atomic E-state index is -0.361. The van der Waals surface area contributed by atoms with Crippen molar-refractivity contribution in [3.8, 4) is 0 Å². The lowest BCUT2D eigenvalue weighted by Gasteiger charge is -2.39. The van der Waals surface area contributed by atoms with Gasteiger partial charge in [0, 0.05) is 18.1 Å². The number of methoxy groups -OCH3 is 1. The Kier molecular flexibility index (Phi) is 13.4. The van der Waals surface area contributed by atoms with Crippen molar-refractivity contribution >= 4 is 23.5 Å². The predicted molar refractivity (Wildman–Crippen MR) is 194 cm³/mol. The third-order valence-electron chi connectivity index (χ3n) is 9.59. The Hall–Kier alpha value is -3.97. The number of hydrogen-bond donors (Lipinski definition) is 0. The fraction of sp³-hybridized carbons (Fsp3) is 0.381. The predicted octanol–water partition coefficient (Wildman–Crippen LogP) is 9.19. The standard InChI is InChI=1S/C42H48ClNO5/c1-3-48-41(46)42(24-8-25-42)26-9-27-44(29-34-20-22-36(23-21-34)40(45)47-2)30-39(37-12-7-13-38(43)28-37)49-31-35-18-16-33(17-19-35)15-14-32-10-5-4-6-11-32/h4-7,10-13,16-23,28,39H,3,8-9,14-15,24-27,29-31H2,1-2H3. The zero-order chi connectivity index (χ0) is 34.5. The number of hydrogen-bond acceptors (Lipinski definition) is 6. The molecule has 0 spiro atoms. The number of aryl methyl sites for hydroxylation is 2. The maximum absolute atomic E-state index is 12.9. The Labute approximate surface area is 296 Å². The van der Waals surface area contributed by atoms with E-state index in [9.17, 15) is 9.59 Å². The average molecular weight is 682 g/mol. The number of halogens is 1. The van der Waals surface area contributed by atoms with Gasteiger partial charge < -0.3 is 14.2 Å². The quantitative estimate of drug-likeness (QED) is 0.0976. The van der Waals surface area contributed by atoms with Gasteiger partial charge in [-0.2, -0.15) is 0 Å².